The standard InChI is InChI=1S/C51H50F6O9/c1-4-7-9-11-32-17-23-39(45(27-32)65-50(52,53)54)41-29-36-19-13-34(25-43(36)63-48(41)59)15-21-38(61-31-62-47(58)6-3)22-16-35-14-20-37-30-42(49(60)64-44(37)26-35)40-24-18-33(12-10-8-5-2)28-46(40)66-51(55,56)57/h6,13-14,17-20,23-30,38H,3-5,7-12,15-16,21-22,31H2,1-2H3. The van der Waals surface area contributed by atoms with E-state index < -0.39 is 47.5 Å². The first-order valence-corrected chi connectivity index (χ1v) is 21.8. The maximum atomic E-state index is 13.5. The lowest BCUT2D eigenvalue weighted by atomic mass is 9.98. The van der Waals surface area contributed by atoms with Gasteiger partial charge in [0.15, 0.2) is 6.79 Å². The lowest BCUT2D eigenvalue weighted by molar-refractivity contribution is -0.275. The van der Waals surface area contributed by atoms with Crippen LogP contribution in [0, 0.1) is 0 Å². The molecule has 0 saturated heterocycles. The summed E-state index contributed by atoms with van der Waals surface area (Å²) in [6.45, 7) is 7.08. The second kappa shape index (κ2) is 22.2. The van der Waals surface area contributed by atoms with Gasteiger partial charge in [-0.3, -0.25) is 0 Å². The van der Waals surface area contributed by atoms with Gasteiger partial charge in [-0.15, -0.1) is 26.3 Å². The highest BCUT2D eigenvalue weighted by Crippen LogP contribution is 2.37. The minimum Gasteiger partial charge on any atom is -0.435 e. The first-order chi connectivity index (χ1) is 31.5. The molecule has 6 aromatic rings. The van der Waals surface area contributed by atoms with Crippen LogP contribution in [0.4, 0.5) is 26.3 Å². The Labute approximate surface area is 376 Å². The molecule has 0 amide bonds. The average molecular weight is 921 g/mol. The molecule has 0 radical (unpaired) electrons. The van der Waals surface area contributed by atoms with Crippen molar-refractivity contribution in [2.24, 2.45) is 0 Å². The van der Waals surface area contributed by atoms with Crippen molar-refractivity contribution in [2.45, 2.75) is 110 Å². The SMILES string of the molecule is C=CC(=O)OCOC(CCc1ccc2cc(-c3ccc(CCCCC)cc3OC(F)(F)F)c(=O)oc2c1)CCc1ccc2cc(-c3ccc(CCCCC)cc3OC(F)(F)F)c(=O)oc2c1. The number of halogens is 6. The van der Waals surface area contributed by atoms with Crippen molar-refractivity contribution in [2.75, 3.05) is 6.79 Å². The molecule has 66 heavy (non-hydrogen) atoms. The zero-order chi connectivity index (χ0) is 47.4. The molecule has 0 aliphatic heterocycles. The first-order valence-electron chi connectivity index (χ1n) is 21.8. The Kier molecular flexibility index (Phi) is 16.5. The van der Waals surface area contributed by atoms with E-state index in [-0.39, 0.29) is 40.2 Å². The van der Waals surface area contributed by atoms with Crippen LogP contribution in [0.1, 0.15) is 87.5 Å². The molecule has 0 N–H and O–H groups in total. The summed E-state index contributed by atoms with van der Waals surface area (Å²) < 4.78 is 112. The summed E-state index contributed by atoms with van der Waals surface area (Å²) in [6.07, 6.45) is -1.37. The van der Waals surface area contributed by atoms with Gasteiger partial charge in [0, 0.05) is 28.0 Å². The smallest absolute Gasteiger partial charge is 0.435 e. The molecule has 4 aromatic carbocycles. The third-order valence-corrected chi connectivity index (χ3v) is 11.0. The van der Waals surface area contributed by atoms with Gasteiger partial charge in [-0.2, -0.15) is 0 Å². The number of carbonyl (C=O) groups excluding carboxylic acids is 1. The average Bonchev–Trinajstić information content (AvgIpc) is 3.26. The van der Waals surface area contributed by atoms with Crippen LogP contribution in [-0.4, -0.2) is 31.6 Å². The third-order valence-electron chi connectivity index (χ3n) is 11.0. The molecular weight excluding hydrogens is 871 g/mol. The summed E-state index contributed by atoms with van der Waals surface area (Å²) >= 11 is 0. The number of hydrogen-bond donors (Lipinski definition) is 0. The molecule has 0 spiro atoms. The quantitative estimate of drug-likeness (QED) is 0.0164. The normalized spacial score (nSPS) is 12.0. The highest BCUT2D eigenvalue weighted by Gasteiger charge is 2.34. The zero-order valence-corrected chi connectivity index (χ0v) is 36.6. The fraction of sp³-hybridized carbons (Fsp3) is 0.353. The predicted octanol–water partition coefficient (Wildman–Crippen LogP) is 13.1. The summed E-state index contributed by atoms with van der Waals surface area (Å²) in [5, 5.41) is 0.951. The summed E-state index contributed by atoms with van der Waals surface area (Å²) in [6, 6.07) is 22.1. The second-order valence-corrected chi connectivity index (χ2v) is 16.0. The monoisotopic (exact) mass is 920 g/mol. The Morgan fingerprint density at radius 1 is 0.591 bits per heavy atom. The molecule has 15 heteroatoms. The van der Waals surface area contributed by atoms with E-state index in [1.54, 1.807) is 48.5 Å². The fourth-order valence-electron chi connectivity index (χ4n) is 7.68. The first kappa shape index (κ1) is 49.1. The van der Waals surface area contributed by atoms with E-state index in [1.807, 2.05) is 13.8 Å². The van der Waals surface area contributed by atoms with Crippen LogP contribution in [0.3, 0.4) is 0 Å². The Morgan fingerprint density at radius 3 is 1.42 bits per heavy atom. The third kappa shape index (κ3) is 13.8. The number of carbonyl (C=O) groups is 1. The van der Waals surface area contributed by atoms with Crippen molar-refractivity contribution in [1.29, 1.82) is 0 Å². The number of esters is 1. The van der Waals surface area contributed by atoms with Gasteiger partial charge in [0.2, 0.25) is 0 Å². The molecule has 9 nitrogen and oxygen atoms in total. The Bertz CT molecular complexity index is 2580. The van der Waals surface area contributed by atoms with Crippen LogP contribution in [0.15, 0.2) is 116 Å². The van der Waals surface area contributed by atoms with Crippen molar-refractivity contribution in [3.63, 3.8) is 0 Å². The van der Waals surface area contributed by atoms with Gasteiger partial charge in [0.05, 0.1) is 17.2 Å². The van der Waals surface area contributed by atoms with Gasteiger partial charge in [-0.1, -0.05) is 94.6 Å². The maximum Gasteiger partial charge on any atom is 0.573 e. The summed E-state index contributed by atoms with van der Waals surface area (Å²) in [4.78, 5) is 38.4. The van der Waals surface area contributed by atoms with E-state index in [2.05, 4.69) is 16.1 Å². The Morgan fingerprint density at radius 2 is 1.02 bits per heavy atom. The summed E-state index contributed by atoms with van der Waals surface area (Å²) in [5.74, 6) is -1.65. The number of aryl methyl sites for hydroxylation is 4. The molecule has 0 atom stereocenters. The van der Waals surface area contributed by atoms with Crippen molar-refractivity contribution >= 4 is 27.9 Å². The van der Waals surface area contributed by atoms with E-state index in [9.17, 15) is 40.7 Å². The van der Waals surface area contributed by atoms with Gasteiger partial charge in [-0.25, -0.2) is 14.4 Å². The van der Waals surface area contributed by atoms with Crippen molar-refractivity contribution in [1.82, 2.24) is 0 Å². The van der Waals surface area contributed by atoms with Crippen molar-refractivity contribution in [3.8, 4) is 33.8 Å². The van der Waals surface area contributed by atoms with Gasteiger partial charge in [0.1, 0.15) is 22.7 Å². The number of hydrogen-bond acceptors (Lipinski definition) is 9. The predicted molar refractivity (Wildman–Crippen MR) is 238 cm³/mol. The lowest BCUT2D eigenvalue weighted by Gasteiger charge is -2.18. The molecule has 0 aliphatic rings. The molecule has 0 unspecified atom stereocenters. The number of alkyl halides is 6. The molecule has 350 valence electrons. The highest BCUT2D eigenvalue weighted by molar-refractivity contribution is 5.85. The Hall–Kier alpha value is -6.35. The van der Waals surface area contributed by atoms with Gasteiger partial charge < -0.3 is 27.8 Å². The minimum atomic E-state index is -4.98. The van der Waals surface area contributed by atoms with Crippen LogP contribution in [0.25, 0.3) is 44.2 Å². The molecule has 2 aromatic heterocycles. The van der Waals surface area contributed by atoms with E-state index in [0.717, 1.165) is 55.7 Å². The zero-order valence-electron chi connectivity index (χ0n) is 36.6. The molecule has 6 rings (SSSR count). The molecule has 0 fully saturated rings. The van der Waals surface area contributed by atoms with Crippen LogP contribution in [-0.2, 0) is 40.0 Å². The topological polar surface area (TPSA) is 114 Å². The number of fused-ring (bicyclic) bond motifs is 2. The fourth-order valence-corrected chi connectivity index (χ4v) is 7.68. The number of benzene rings is 4. The summed E-state index contributed by atoms with van der Waals surface area (Å²) in [7, 11) is 0. The molecule has 0 aliphatic carbocycles. The van der Waals surface area contributed by atoms with Crippen LogP contribution < -0.4 is 20.7 Å². The van der Waals surface area contributed by atoms with E-state index in [1.165, 1.54) is 36.4 Å². The highest BCUT2D eigenvalue weighted by atomic mass is 19.4. The van der Waals surface area contributed by atoms with E-state index in [4.69, 9.17) is 18.3 Å². The molecule has 0 bridgehead atoms. The lowest BCUT2D eigenvalue weighted by Crippen LogP contribution is -2.19. The molecule has 2 heterocycles. The van der Waals surface area contributed by atoms with Crippen LogP contribution in [0.5, 0.6) is 11.5 Å². The van der Waals surface area contributed by atoms with Crippen LogP contribution >= 0.6 is 0 Å². The Balaban J connectivity index is 1.18. The van der Waals surface area contributed by atoms with E-state index >= 15 is 0 Å². The van der Waals surface area contributed by atoms with Crippen molar-refractivity contribution < 1.29 is 58.9 Å². The van der Waals surface area contributed by atoms with Gasteiger partial charge in [0.25, 0.3) is 0 Å². The number of rotatable bonds is 22. The maximum absolute atomic E-state index is 13.5. The second-order valence-electron chi connectivity index (χ2n) is 16.0. The summed E-state index contributed by atoms with van der Waals surface area (Å²) in [5.41, 5.74) is 1.31. The largest absolute Gasteiger partial charge is 0.573 e. The van der Waals surface area contributed by atoms with Crippen molar-refractivity contribution in [3.05, 3.63) is 141 Å². The molecular formula is C51H50F6O9. The number of ether oxygens (including phenoxy) is 4. The minimum absolute atomic E-state index is 0.0473. The number of unbranched alkanes of at least 4 members (excludes halogenated alkanes) is 4. The van der Waals surface area contributed by atoms with E-state index in [0.29, 0.717) is 60.4 Å². The van der Waals surface area contributed by atoms with Gasteiger partial charge in [-0.05, 0) is 110 Å². The van der Waals surface area contributed by atoms with Gasteiger partial charge >= 0.3 is 29.9 Å². The van der Waals surface area contributed by atoms with Crippen LogP contribution in [0.2, 0.25) is 0 Å². The molecule has 0 saturated carbocycles.